The fourth-order valence-corrected chi connectivity index (χ4v) is 3.15. The summed E-state index contributed by atoms with van der Waals surface area (Å²) in [7, 11) is 2.17. The van der Waals surface area contributed by atoms with Crippen LogP contribution in [-0.2, 0) is 0 Å². The van der Waals surface area contributed by atoms with E-state index >= 15 is 0 Å². The molecule has 1 saturated heterocycles. The molecule has 118 valence electrons. The van der Waals surface area contributed by atoms with Gasteiger partial charge >= 0.3 is 0 Å². The third-order valence-corrected chi connectivity index (χ3v) is 4.30. The number of nitrogens with zero attached hydrogens (tertiary/aromatic N) is 1. The Morgan fingerprint density at radius 3 is 2.59 bits per heavy atom. The van der Waals surface area contributed by atoms with Crippen LogP contribution in [0.4, 0.5) is 0 Å². The first-order valence-electron chi connectivity index (χ1n) is 7.38. The number of hydrogen-bond donors (Lipinski definition) is 0. The van der Waals surface area contributed by atoms with Gasteiger partial charge in [0.15, 0.2) is 0 Å². The van der Waals surface area contributed by atoms with E-state index in [0.717, 1.165) is 30.3 Å². The van der Waals surface area contributed by atoms with Crippen LogP contribution in [0, 0.1) is 0 Å². The lowest BCUT2D eigenvalue weighted by Crippen LogP contribution is -2.42. The van der Waals surface area contributed by atoms with Crippen LogP contribution in [0.2, 0.25) is 5.02 Å². The normalized spacial score (nSPS) is 21.9. The van der Waals surface area contributed by atoms with E-state index in [2.05, 4.69) is 42.3 Å². The van der Waals surface area contributed by atoms with Gasteiger partial charge in [-0.15, -0.1) is 12.4 Å². The molecule has 1 aliphatic rings. The van der Waals surface area contributed by atoms with Crippen molar-refractivity contribution in [2.24, 2.45) is 0 Å². The zero-order valence-corrected chi connectivity index (χ0v) is 14.2. The minimum atomic E-state index is 0. The summed E-state index contributed by atoms with van der Waals surface area (Å²) in [6.07, 6.45) is 1.23. The monoisotopic (exact) mass is 337 g/mol. The third-order valence-electron chi connectivity index (χ3n) is 4.06. The molecule has 0 bridgehead atoms. The van der Waals surface area contributed by atoms with Crippen molar-refractivity contribution in [1.29, 1.82) is 0 Å². The molecule has 0 aliphatic carbocycles. The quantitative estimate of drug-likeness (QED) is 0.809. The van der Waals surface area contributed by atoms with Crippen LogP contribution in [-0.4, -0.2) is 31.1 Å². The zero-order chi connectivity index (χ0) is 14.7. The predicted molar refractivity (Wildman–Crippen MR) is 94.4 cm³/mol. The van der Waals surface area contributed by atoms with E-state index in [4.69, 9.17) is 16.3 Å². The van der Waals surface area contributed by atoms with Gasteiger partial charge in [0.1, 0.15) is 11.9 Å². The molecule has 0 saturated carbocycles. The first-order valence-corrected chi connectivity index (χ1v) is 7.76. The molecule has 2 aromatic carbocycles. The average Bonchev–Trinajstić information content (AvgIpc) is 2.50. The molecule has 2 nitrogen and oxygen atoms in total. The molecular weight excluding hydrogens is 317 g/mol. The summed E-state index contributed by atoms with van der Waals surface area (Å²) >= 11 is 6.05. The van der Waals surface area contributed by atoms with E-state index in [-0.39, 0.29) is 18.5 Å². The minimum Gasteiger partial charge on any atom is -0.490 e. The lowest BCUT2D eigenvalue weighted by Gasteiger charge is -2.37. The van der Waals surface area contributed by atoms with Gasteiger partial charge in [0, 0.05) is 24.0 Å². The summed E-state index contributed by atoms with van der Waals surface area (Å²) in [6.45, 7) is 2.09. The maximum absolute atomic E-state index is 6.24. The van der Waals surface area contributed by atoms with Gasteiger partial charge in [0.05, 0.1) is 0 Å². The van der Waals surface area contributed by atoms with E-state index < -0.39 is 0 Å². The molecule has 0 aromatic heterocycles. The van der Waals surface area contributed by atoms with Crippen molar-refractivity contribution in [2.75, 3.05) is 20.1 Å². The third kappa shape index (κ3) is 4.16. The number of halogens is 2. The first-order chi connectivity index (χ1) is 10.2. The molecular formula is C18H21Cl2NO. The molecule has 0 unspecified atom stereocenters. The highest BCUT2D eigenvalue weighted by Gasteiger charge is 2.30. The molecule has 1 fully saturated rings. The standard InChI is InChI=1S/C18H20ClNO.ClH/c1-20-11-10-18(21-16-9-5-8-15(19)12-16)17(13-20)14-6-3-2-4-7-14;/h2-9,12,17-18H,10-11,13H2,1H3;1H/t17-,18+;/m0./s1. The highest BCUT2D eigenvalue weighted by Crippen LogP contribution is 2.31. The molecule has 22 heavy (non-hydrogen) atoms. The summed E-state index contributed by atoms with van der Waals surface area (Å²) in [5.41, 5.74) is 1.34. The second-order valence-electron chi connectivity index (χ2n) is 5.68. The molecule has 0 amide bonds. The minimum absolute atomic E-state index is 0. The smallest absolute Gasteiger partial charge is 0.121 e. The van der Waals surface area contributed by atoms with Gasteiger partial charge in [-0.05, 0) is 37.2 Å². The summed E-state index contributed by atoms with van der Waals surface area (Å²) < 4.78 is 6.24. The lowest BCUT2D eigenvalue weighted by molar-refractivity contribution is 0.0902. The molecule has 0 N–H and O–H groups in total. The van der Waals surface area contributed by atoms with Gasteiger partial charge < -0.3 is 9.64 Å². The fraction of sp³-hybridized carbons (Fsp3) is 0.333. The lowest BCUT2D eigenvalue weighted by atomic mass is 9.88. The maximum Gasteiger partial charge on any atom is 0.121 e. The van der Waals surface area contributed by atoms with Crippen LogP contribution in [0.1, 0.15) is 17.9 Å². The highest BCUT2D eigenvalue weighted by atomic mass is 35.5. The van der Waals surface area contributed by atoms with E-state index in [1.165, 1.54) is 5.56 Å². The van der Waals surface area contributed by atoms with Crippen molar-refractivity contribution in [2.45, 2.75) is 18.4 Å². The number of likely N-dealkylation sites (tertiary alicyclic amines) is 1. The van der Waals surface area contributed by atoms with Gasteiger partial charge in [0.25, 0.3) is 0 Å². The summed E-state index contributed by atoms with van der Waals surface area (Å²) in [4.78, 5) is 2.37. The van der Waals surface area contributed by atoms with E-state index in [9.17, 15) is 0 Å². The number of piperidine rings is 1. The van der Waals surface area contributed by atoms with Crippen LogP contribution in [0.25, 0.3) is 0 Å². The van der Waals surface area contributed by atoms with Crippen LogP contribution in [0.5, 0.6) is 5.75 Å². The van der Waals surface area contributed by atoms with Crippen molar-refractivity contribution in [3.05, 3.63) is 65.2 Å². The maximum atomic E-state index is 6.24. The summed E-state index contributed by atoms with van der Waals surface area (Å²) in [5, 5.41) is 0.719. The van der Waals surface area contributed by atoms with Crippen molar-refractivity contribution < 1.29 is 4.74 Å². The molecule has 3 rings (SSSR count). The first kappa shape index (κ1) is 17.1. The number of hydrogen-bond acceptors (Lipinski definition) is 2. The Balaban J connectivity index is 0.00000176. The number of ether oxygens (including phenoxy) is 1. The van der Waals surface area contributed by atoms with Crippen molar-refractivity contribution >= 4 is 24.0 Å². The molecule has 0 spiro atoms. The molecule has 1 heterocycles. The molecule has 0 radical (unpaired) electrons. The summed E-state index contributed by atoms with van der Waals surface area (Å²) in [6, 6.07) is 18.3. The topological polar surface area (TPSA) is 12.5 Å². The Bertz CT molecular complexity index is 591. The van der Waals surface area contributed by atoms with Crippen LogP contribution in [0.15, 0.2) is 54.6 Å². The Labute approximate surface area is 143 Å². The number of benzene rings is 2. The van der Waals surface area contributed by atoms with Crippen molar-refractivity contribution in [3.8, 4) is 5.75 Å². The largest absolute Gasteiger partial charge is 0.490 e. The predicted octanol–water partition coefficient (Wildman–Crippen LogP) is 4.63. The molecule has 4 heteroatoms. The Hall–Kier alpha value is -1.22. The van der Waals surface area contributed by atoms with Gasteiger partial charge in [-0.3, -0.25) is 0 Å². The van der Waals surface area contributed by atoms with E-state index in [1.54, 1.807) is 0 Å². The fourth-order valence-electron chi connectivity index (χ4n) is 2.97. The van der Waals surface area contributed by atoms with Gasteiger partial charge in [-0.1, -0.05) is 48.0 Å². The van der Waals surface area contributed by atoms with Crippen LogP contribution in [0.3, 0.4) is 0 Å². The van der Waals surface area contributed by atoms with Gasteiger partial charge in [-0.2, -0.15) is 0 Å². The number of rotatable bonds is 3. The van der Waals surface area contributed by atoms with Crippen molar-refractivity contribution in [1.82, 2.24) is 4.90 Å². The summed E-state index contributed by atoms with van der Waals surface area (Å²) in [5.74, 6) is 1.25. The second-order valence-corrected chi connectivity index (χ2v) is 6.12. The highest BCUT2D eigenvalue weighted by molar-refractivity contribution is 6.30. The van der Waals surface area contributed by atoms with Gasteiger partial charge in [0.2, 0.25) is 0 Å². The average molecular weight is 338 g/mol. The van der Waals surface area contributed by atoms with E-state index in [0.29, 0.717) is 5.92 Å². The Morgan fingerprint density at radius 2 is 1.86 bits per heavy atom. The second kappa shape index (κ2) is 7.87. The number of likely N-dealkylation sites (N-methyl/N-ethyl adjacent to an activating group) is 1. The molecule has 1 aliphatic heterocycles. The Kier molecular flexibility index (Phi) is 6.13. The van der Waals surface area contributed by atoms with Crippen LogP contribution >= 0.6 is 24.0 Å². The van der Waals surface area contributed by atoms with Gasteiger partial charge in [-0.25, -0.2) is 0 Å². The SMILES string of the molecule is CN1CC[C@@H](Oc2cccc(Cl)c2)[C@H](c2ccccc2)C1.Cl. The van der Waals surface area contributed by atoms with E-state index in [1.807, 2.05) is 24.3 Å². The Morgan fingerprint density at radius 1 is 1.09 bits per heavy atom. The van der Waals surface area contributed by atoms with Crippen molar-refractivity contribution in [3.63, 3.8) is 0 Å². The zero-order valence-electron chi connectivity index (χ0n) is 12.6. The van der Waals surface area contributed by atoms with Crippen LogP contribution < -0.4 is 4.74 Å². The molecule has 2 atom stereocenters. The molecule has 2 aromatic rings.